The van der Waals surface area contributed by atoms with Gasteiger partial charge < -0.3 is 15.2 Å². The molecule has 0 unspecified atom stereocenters. The number of fused-ring (bicyclic) bond motifs is 1. The summed E-state index contributed by atoms with van der Waals surface area (Å²) in [5.41, 5.74) is 0.549. The van der Waals surface area contributed by atoms with Crippen LogP contribution in [0.5, 0.6) is 0 Å². The topological polar surface area (TPSA) is 139 Å². The molecule has 1 amide bonds. The number of carboxylic acids is 1. The number of rotatable bonds is 5. The van der Waals surface area contributed by atoms with Gasteiger partial charge in [0.05, 0.1) is 12.7 Å². The molecule has 2 N–H and O–H groups in total. The van der Waals surface area contributed by atoms with Crippen LogP contribution in [0.15, 0.2) is 53.9 Å². The van der Waals surface area contributed by atoms with E-state index < -0.39 is 22.2 Å². The number of carbonyl (C=O) groups is 2. The van der Waals surface area contributed by atoms with Gasteiger partial charge in [-0.05, 0) is 24.3 Å². The number of nitrogens with zero attached hydrogens (tertiary/aromatic N) is 3. The van der Waals surface area contributed by atoms with Crippen molar-refractivity contribution in [1.82, 2.24) is 19.6 Å². The molecule has 0 spiro atoms. The van der Waals surface area contributed by atoms with Gasteiger partial charge in [-0.1, -0.05) is 0 Å². The Hall–Kier alpha value is -3.10. The Morgan fingerprint density at radius 1 is 1.15 bits per heavy atom. The highest BCUT2D eigenvalue weighted by molar-refractivity contribution is 7.89. The zero-order valence-corrected chi connectivity index (χ0v) is 18.4. The van der Waals surface area contributed by atoms with Crippen molar-refractivity contribution in [3.63, 3.8) is 0 Å². The quantitative estimate of drug-likeness (QED) is 0.622. The van der Waals surface area contributed by atoms with Crippen LogP contribution in [0.3, 0.4) is 0 Å². The van der Waals surface area contributed by atoms with Gasteiger partial charge in [0.15, 0.2) is 0 Å². The Bertz CT molecular complexity index is 1100. The molecular formula is C20H21F3N4O6S. The third-order valence-electron chi connectivity index (χ3n) is 5.39. The number of alkyl halides is 3. The van der Waals surface area contributed by atoms with Gasteiger partial charge >= 0.3 is 12.1 Å². The summed E-state index contributed by atoms with van der Waals surface area (Å²) in [5.74, 6) is -2.78. The largest absolute Gasteiger partial charge is 0.490 e. The maximum Gasteiger partial charge on any atom is 0.490 e. The van der Waals surface area contributed by atoms with Crippen LogP contribution in [0.2, 0.25) is 0 Å². The highest BCUT2D eigenvalue weighted by Crippen LogP contribution is 2.35. The molecule has 0 aliphatic carbocycles. The maximum absolute atomic E-state index is 12.8. The van der Waals surface area contributed by atoms with Gasteiger partial charge in [-0.2, -0.15) is 17.5 Å². The average Bonchev–Trinajstić information content (AvgIpc) is 3.40. The van der Waals surface area contributed by atoms with Gasteiger partial charge in [-0.3, -0.25) is 14.8 Å². The van der Waals surface area contributed by atoms with E-state index in [2.05, 4.69) is 15.3 Å². The molecule has 0 saturated carbocycles. The Balaban J connectivity index is 0.000000406. The summed E-state index contributed by atoms with van der Waals surface area (Å²) in [5, 5.41) is 10.0. The fourth-order valence-corrected chi connectivity index (χ4v) is 5.10. The number of hydrogen-bond acceptors (Lipinski definition) is 7. The molecule has 34 heavy (non-hydrogen) atoms. The number of nitrogens with one attached hydrogen (secondary N) is 1. The van der Waals surface area contributed by atoms with Crippen LogP contribution < -0.4 is 5.32 Å². The van der Waals surface area contributed by atoms with Gasteiger partial charge in [0, 0.05) is 61.8 Å². The number of carbonyl (C=O) groups excluding carboxylic acids is 1. The number of amides is 1. The molecule has 10 nitrogen and oxygen atoms in total. The van der Waals surface area contributed by atoms with Crippen molar-refractivity contribution in [2.45, 2.75) is 17.2 Å². The minimum absolute atomic E-state index is 0.0641. The van der Waals surface area contributed by atoms with E-state index in [0.717, 1.165) is 0 Å². The summed E-state index contributed by atoms with van der Waals surface area (Å²) in [6.45, 7) is 1.68. The molecule has 184 valence electrons. The Labute approximate surface area is 192 Å². The standard InChI is InChI=1S/C18H20N4O4S.C2HF3O2/c23-18(13-3-6-19-7-4-13)21-8-14-12-26-17-11-22(10-16(14)17)27(24,25)15-2-1-5-20-9-15;3-2(4,5)1(6)7/h1-7,9,14,16-17H,8,10-12H2,(H,21,23);(H,6,7)/t14-,16+,17+;/m0./s1. The number of carboxylic acid groups (broad SMARTS) is 1. The number of sulfonamides is 1. The SMILES string of the molecule is O=C(NC[C@H]1CO[C@@H]2CN(S(=O)(=O)c3cccnc3)C[C@H]12)c1ccncc1.O=C(O)C(F)(F)F. The number of aliphatic carboxylic acids is 1. The van der Waals surface area contributed by atoms with Gasteiger partial charge in [0.25, 0.3) is 5.91 Å². The van der Waals surface area contributed by atoms with Crippen LogP contribution in [-0.2, 0) is 19.6 Å². The minimum Gasteiger partial charge on any atom is -0.475 e. The van der Waals surface area contributed by atoms with E-state index >= 15 is 0 Å². The monoisotopic (exact) mass is 502 g/mol. The number of pyridine rings is 2. The Morgan fingerprint density at radius 3 is 2.41 bits per heavy atom. The lowest BCUT2D eigenvalue weighted by Crippen LogP contribution is -2.35. The highest BCUT2D eigenvalue weighted by Gasteiger charge is 2.47. The van der Waals surface area contributed by atoms with E-state index in [9.17, 15) is 26.4 Å². The summed E-state index contributed by atoms with van der Waals surface area (Å²) in [4.78, 5) is 29.1. The first-order chi connectivity index (χ1) is 16.0. The van der Waals surface area contributed by atoms with Crippen LogP contribution >= 0.6 is 0 Å². The fraction of sp³-hybridized carbons (Fsp3) is 0.400. The molecule has 2 aromatic heterocycles. The zero-order valence-electron chi connectivity index (χ0n) is 17.6. The molecule has 3 atom stereocenters. The predicted molar refractivity (Wildman–Crippen MR) is 110 cm³/mol. The summed E-state index contributed by atoms with van der Waals surface area (Å²) in [7, 11) is -3.58. The second-order valence-corrected chi connectivity index (χ2v) is 9.49. The molecule has 0 bridgehead atoms. The lowest BCUT2D eigenvalue weighted by molar-refractivity contribution is -0.192. The van der Waals surface area contributed by atoms with Crippen molar-refractivity contribution in [1.29, 1.82) is 0 Å². The van der Waals surface area contributed by atoms with Crippen molar-refractivity contribution in [3.05, 3.63) is 54.6 Å². The van der Waals surface area contributed by atoms with E-state index in [0.29, 0.717) is 31.8 Å². The average molecular weight is 502 g/mol. The maximum atomic E-state index is 12.8. The van der Waals surface area contributed by atoms with Crippen molar-refractivity contribution in [2.75, 3.05) is 26.2 Å². The van der Waals surface area contributed by atoms with Crippen molar-refractivity contribution < 1.29 is 41.0 Å². The third-order valence-corrected chi connectivity index (χ3v) is 7.20. The molecule has 14 heteroatoms. The Kier molecular flexibility index (Phi) is 7.84. The summed E-state index contributed by atoms with van der Waals surface area (Å²) >= 11 is 0. The second-order valence-electron chi connectivity index (χ2n) is 7.56. The second kappa shape index (κ2) is 10.4. The molecular weight excluding hydrogens is 481 g/mol. The van der Waals surface area contributed by atoms with E-state index in [1.165, 1.54) is 10.5 Å². The van der Waals surface area contributed by atoms with E-state index in [4.69, 9.17) is 14.6 Å². The molecule has 2 saturated heterocycles. The summed E-state index contributed by atoms with van der Waals surface area (Å²) < 4.78 is 64.6. The molecule has 4 heterocycles. The van der Waals surface area contributed by atoms with Crippen molar-refractivity contribution in [2.24, 2.45) is 11.8 Å². The molecule has 2 aliphatic rings. The van der Waals surface area contributed by atoms with E-state index in [1.807, 2.05) is 0 Å². The van der Waals surface area contributed by atoms with Crippen molar-refractivity contribution in [3.8, 4) is 0 Å². The number of halogens is 3. The molecule has 2 aliphatic heterocycles. The number of hydrogen-bond donors (Lipinski definition) is 2. The molecule has 2 aromatic rings. The zero-order chi connectivity index (χ0) is 24.9. The normalized spacial score (nSPS) is 22.4. The third kappa shape index (κ3) is 6.07. The number of aromatic nitrogens is 2. The lowest BCUT2D eigenvalue weighted by Gasteiger charge is -2.20. The van der Waals surface area contributed by atoms with Gasteiger partial charge in [-0.25, -0.2) is 13.2 Å². The minimum atomic E-state index is -5.08. The number of ether oxygens (including phenoxy) is 1. The fourth-order valence-electron chi connectivity index (χ4n) is 3.65. The molecule has 4 rings (SSSR count). The molecule has 2 fully saturated rings. The summed E-state index contributed by atoms with van der Waals surface area (Å²) in [6.07, 6.45) is 0.821. The first-order valence-electron chi connectivity index (χ1n) is 10.00. The van der Waals surface area contributed by atoms with E-state index in [1.54, 1.807) is 42.9 Å². The van der Waals surface area contributed by atoms with Gasteiger partial charge in [-0.15, -0.1) is 0 Å². The first kappa shape index (κ1) is 25.5. The van der Waals surface area contributed by atoms with Crippen molar-refractivity contribution >= 4 is 21.9 Å². The van der Waals surface area contributed by atoms with Crippen LogP contribution in [0.1, 0.15) is 10.4 Å². The van der Waals surface area contributed by atoms with Crippen LogP contribution in [-0.4, -0.2) is 78.2 Å². The van der Waals surface area contributed by atoms with E-state index in [-0.39, 0.29) is 28.7 Å². The van der Waals surface area contributed by atoms with Gasteiger partial charge in [0.1, 0.15) is 4.90 Å². The first-order valence-corrected chi connectivity index (χ1v) is 11.4. The smallest absolute Gasteiger partial charge is 0.475 e. The lowest BCUT2D eigenvalue weighted by atomic mass is 9.93. The summed E-state index contributed by atoms with van der Waals surface area (Å²) in [6, 6.07) is 6.46. The Morgan fingerprint density at radius 2 is 1.82 bits per heavy atom. The highest BCUT2D eigenvalue weighted by atomic mass is 32.2. The molecule has 0 aromatic carbocycles. The van der Waals surface area contributed by atoms with Crippen LogP contribution in [0, 0.1) is 11.8 Å². The predicted octanol–water partition coefficient (Wildman–Crippen LogP) is 1.18. The molecule has 0 radical (unpaired) electrons. The van der Waals surface area contributed by atoms with Gasteiger partial charge in [0.2, 0.25) is 10.0 Å². The van der Waals surface area contributed by atoms with Crippen LogP contribution in [0.4, 0.5) is 13.2 Å². The van der Waals surface area contributed by atoms with Crippen LogP contribution in [0.25, 0.3) is 0 Å².